The summed E-state index contributed by atoms with van der Waals surface area (Å²) < 4.78 is 4.85. The first-order valence-electron chi connectivity index (χ1n) is 7.47. The van der Waals surface area contributed by atoms with E-state index < -0.39 is 0 Å². The van der Waals surface area contributed by atoms with Crippen molar-refractivity contribution in [3.05, 3.63) is 0 Å². The molecule has 108 valence electrons. The maximum atomic E-state index is 12.0. The van der Waals surface area contributed by atoms with Crippen LogP contribution < -0.4 is 5.32 Å². The highest BCUT2D eigenvalue weighted by molar-refractivity contribution is 5.78. The third kappa shape index (κ3) is 4.40. The molecule has 2 aliphatic rings. The Balaban J connectivity index is 1.59. The van der Waals surface area contributed by atoms with Crippen LogP contribution >= 0.6 is 0 Å². The number of hydrogen-bond donors (Lipinski definition) is 1. The van der Waals surface area contributed by atoms with Crippen LogP contribution in [0.25, 0.3) is 0 Å². The molecule has 1 aliphatic carbocycles. The first kappa shape index (κ1) is 14.2. The molecule has 5 nitrogen and oxygen atoms in total. The second-order valence-corrected chi connectivity index (χ2v) is 5.43. The summed E-state index contributed by atoms with van der Waals surface area (Å²) in [6.45, 7) is 2.49. The van der Waals surface area contributed by atoms with Crippen molar-refractivity contribution < 1.29 is 14.3 Å². The Morgan fingerprint density at radius 3 is 2.63 bits per heavy atom. The van der Waals surface area contributed by atoms with E-state index >= 15 is 0 Å². The van der Waals surface area contributed by atoms with Gasteiger partial charge in [0.15, 0.2) is 0 Å². The van der Waals surface area contributed by atoms with Gasteiger partial charge < -0.3 is 15.0 Å². The van der Waals surface area contributed by atoms with Gasteiger partial charge in [-0.3, -0.25) is 4.79 Å². The van der Waals surface area contributed by atoms with E-state index in [0.717, 1.165) is 19.3 Å². The van der Waals surface area contributed by atoms with Gasteiger partial charge in [-0.25, -0.2) is 4.79 Å². The molecule has 5 heteroatoms. The Hall–Kier alpha value is -1.26. The Kier molecular flexibility index (Phi) is 5.48. The molecular formula is C14H24N2O3. The zero-order valence-electron chi connectivity index (χ0n) is 11.5. The number of ether oxygens (including phenoxy) is 1. The van der Waals surface area contributed by atoms with Gasteiger partial charge in [-0.15, -0.1) is 0 Å². The molecule has 1 N–H and O–H groups in total. The molecule has 0 atom stereocenters. The molecule has 2 amide bonds. The minimum atomic E-state index is -0.227. The van der Waals surface area contributed by atoms with E-state index in [1.165, 1.54) is 25.7 Å². The lowest BCUT2D eigenvalue weighted by Gasteiger charge is -2.15. The van der Waals surface area contributed by atoms with E-state index in [1.54, 1.807) is 4.90 Å². The lowest BCUT2D eigenvalue weighted by molar-refractivity contribution is -0.125. The maximum Gasteiger partial charge on any atom is 0.409 e. The van der Waals surface area contributed by atoms with Gasteiger partial charge in [0.2, 0.25) is 5.91 Å². The summed E-state index contributed by atoms with van der Waals surface area (Å²) in [4.78, 5) is 24.9. The van der Waals surface area contributed by atoms with E-state index in [4.69, 9.17) is 4.74 Å². The molecule has 0 bridgehead atoms. The second-order valence-electron chi connectivity index (χ2n) is 5.43. The largest absolute Gasteiger partial charge is 0.448 e. The van der Waals surface area contributed by atoms with Crippen LogP contribution in [-0.2, 0) is 9.53 Å². The van der Waals surface area contributed by atoms with Gasteiger partial charge in [-0.05, 0) is 19.3 Å². The summed E-state index contributed by atoms with van der Waals surface area (Å²) in [5.74, 6) is 0.408. The highest BCUT2D eigenvalue weighted by atomic mass is 16.6. The number of rotatable bonds is 5. The molecule has 2 rings (SSSR count). The lowest BCUT2D eigenvalue weighted by Crippen LogP contribution is -2.33. The summed E-state index contributed by atoms with van der Waals surface area (Å²) in [5, 5.41) is 3.00. The van der Waals surface area contributed by atoms with Crippen molar-refractivity contribution in [3.63, 3.8) is 0 Å². The molecule has 1 heterocycles. The predicted octanol–water partition coefficient (Wildman–Crippen LogP) is 1.92. The summed E-state index contributed by atoms with van der Waals surface area (Å²) >= 11 is 0. The molecule has 0 radical (unpaired) electrons. The second kappa shape index (κ2) is 7.36. The smallest absolute Gasteiger partial charge is 0.409 e. The highest BCUT2D eigenvalue weighted by Gasteiger charge is 2.22. The summed E-state index contributed by atoms with van der Waals surface area (Å²) in [6, 6.07) is 0. The van der Waals surface area contributed by atoms with Crippen LogP contribution in [0.1, 0.15) is 44.9 Å². The van der Waals surface area contributed by atoms with Crippen LogP contribution in [0.3, 0.4) is 0 Å². The van der Waals surface area contributed by atoms with E-state index in [1.807, 2.05) is 0 Å². The SMILES string of the molecule is O=C(NCCCN1CCOC1=O)C1CCCCCC1. The standard InChI is InChI=1S/C14H24N2O3/c17-13(12-6-3-1-2-4-7-12)15-8-5-9-16-10-11-19-14(16)18/h12H,1-11H2,(H,15,17). The van der Waals surface area contributed by atoms with Crippen molar-refractivity contribution in [1.29, 1.82) is 0 Å². The third-order valence-electron chi connectivity index (χ3n) is 3.97. The zero-order chi connectivity index (χ0) is 13.5. The average Bonchev–Trinajstić information content (AvgIpc) is 2.68. The number of hydrogen-bond acceptors (Lipinski definition) is 3. The minimum absolute atomic E-state index is 0.200. The van der Waals surface area contributed by atoms with Crippen LogP contribution in [-0.4, -0.2) is 43.1 Å². The van der Waals surface area contributed by atoms with Gasteiger partial charge in [-0.2, -0.15) is 0 Å². The number of amides is 2. The molecule has 0 aromatic rings. The summed E-state index contributed by atoms with van der Waals surface area (Å²) in [5.41, 5.74) is 0. The molecular weight excluding hydrogens is 244 g/mol. The number of carbonyl (C=O) groups excluding carboxylic acids is 2. The van der Waals surface area contributed by atoms with E-state index in [2.05, 4.69) is 5.32 Å². The van der Waals surface area contributed by atoms with Crippen molar-refractivity contribution in [1.82, 2.24) is 10.2 Å². The first-order valence-corrected chi connectivity index (χ1v) is 7.47. The molecule has 2 fully saturated rings. The van der Waals surface area contributed by atoms with Crippen molar-refractivity contribution in [2.24, 2.45) is 5.92 Å². The lowest BCUT2D eigenvalue weighted by atomic mass is 9.99. The Morgan fingerprint density at radius 2 is 2.00 bits per heavy atom. The fraction of sp³-hybridized carbons (Fsp3) is 0.857. The Morgan fingerprint density at radius 1 is 1.26 bits per heavy atom. The molecule has 0 unspecified atom stereocenters. The zero-order valence-corrected chi connectivity index (χ0v) is 11.5. The van der Waals surface area contributed by atoms with E-state index in [0.29, 0.717) is 26.2 Å². The highest BCUT2D eigenvalue weighted by Crippen LogP contribution is 2.22. The Bertz CT molecular complexity index is 312. The topological polar surface area (TPSA) is 58.6 Å². The number of nitrogens with one attached hydrogen (secondary N) is 1. The fourth-order valence-electron chi connectivity index (χ4n) is 2.80. The molecule has 19 heavy (non-hydrogen) atoms. The van der Waals surface area contributed by atoms with Gasteiger partial charge in [0.05, 0.1) is 6.54 Å². The normalized spacial score (nSPS) is 21.1. The fourth-order valence-corrected chi connectivity index (χ4v) is 2.80. The Labute approximate surface area is 114 Å². The molecule has 1 aliphatic heterocycles. The number of nitrogens with zero attached hydrogens (tertiary/aromatic N) is 1. The minimum Gasteiger partial charge on any atom is -0.448 e. The van der Waals surface area contributed by atoms with Gasteiger partial charge in [0, 0.05) is 19.0 Å². The maximum absolute atomic E-state index is 12.0. The molecule has 1 saturated heterocycles. The van der Waals surface area contributed by atoms with Gasteiger partial charge in [-0.1, -0.05) is 25.7 Å². The van der Waals surface area contributed by atoms with Crippen LogP contribution in [0, 0.1) is 5.92 Å². The van der Waals surface area contributed by atoms with E-state index in [-0.39, 0.29) is 17.9 Å². The van der Waals surface area contributed by atoms with Crippen LogP contribution in [0.15, 0.2) is 0 Å². The predicted molar refractivity (Wildman–Crippen MR) is 71.7 cm³/mol. The van der Waals surface area contributed by atoms with Crippen molar-refractivity contribution in [2.45, 2.75) is 44.9 Å². The van der Waals surface area contributed by atoms with Crippen molar-refractivity contribution >= 4 is 12.0 Å². The first-order chi connectivity index (χ1) is 9.27. The van der Waals surface area contributed by atoms with Crippen molar-refractivity contribution in [3.8, 4) is 0 Å². The molecule has 1 saturated carbocycles. The van der Waals surface area contributed by atoms with Gasteiger partial charge >= 0.3 is 6.09 Å². The van der Waals surface area contributed by atoms with Gasteiger partial charge in [0.25, 0.3) is 0 Å². The van der Waals surface area contributed by atoms with Crippen LogP contribution in [0.4, 0.5) is 4.79 Å². The number of carbonyl (C=O) groups is 2. The quantitative estimate of drug-likeness (QED) is 0.612. The van der Waals surface area contributed by atoms with Gasteiger partial charge in [0.1, 0.15) is 6.61 Å². The summed E-state index contributed by atoms with van der Waals surface area (Å²) in [6.07, 6.45) is 7.52. The van der Waals surface area contributed by atoms with Crippen LogP contribution in [0.2, 0.25) is 0 Å². The summed E-state index contributed by atoms with van der Waals surface area (Å²) in [7, 11) is 0. The monoisotopic (exact) mass is 268 g/mol. The van der Waals surface area contributed by atoms with Crippen LogP contribution in [0.5, 0.6) is 0 Å². The van der Waals surface area contributed by atoms with E-state index in [9.17, 15) is 9.59 Å². The van der Waals surface area contributed by atoms with Crippen molar-refractivity contribution in [2.75, 3.05) is 26.2 Å². The average molecular weight is 268 g/mol. The number of cyclic esters (lactones) is 1. The molecule has 0 aromatic carbocycles. The molecule has 0 spiro atoms. The third-order valence-corrected chi connectivity index (χ3v) is 3.97. The molecule has 0 aromatic heterocycles.